The van der Waals surface area contributed by atoms with Gasteiger partial charge in [0.1, 0.15) is 0 Å². The van der Waals surface area contributed by atoms with Gasteiger partial charge in [-0.05, 0) is 71.5 Å². The summed E-state index contributed by atoms with van der Waals surface area (Å²) in [6.07, 6.45) is 0.893. The maximum absolute atomic E-state index is 13.4. The summed E-state index contributed by atoms with van der Waals surface area (Å²) in [5.74, 6) is -0.142. The summed E-state index contributed by atoms with van der Waals surface area (Å²) in [6, 6.07) is 13.0. The maximum Gasteiger partial charge on any atom is 0.254 e. The Bertz CT molecular complexity index is 1090. The molecule has 1 heterocycles. The van der Waals surface area contributed by atoms with Gasteiger partial charge in [0.15, 0.2) is 0 Å². The van der Waals surface area contributed by atoms with Gasteiger partial charge in [0, 0.05) is 43.0 Å². The maximum atomic E-state index is 13.4. The van der Waals surface area contributed by atoms with E-state index in [0.29, 0.717) is 30.9 Å². The fourth-order valence-electron chi connectivity index (χ4n) is 3.90. The van der Waals surface area contributed by atoms with Crippen LogP contribution in [-0.4, -0.2) is 62.9 Å². The summed E-state index contributed by atoms with van der Waals surface area (Å²) >= 11 is 0. The summed E-state index contributed by atoms with van der Waals surface area (Å²) in [5.41, 5.74) is 2.58. The lowest BCUT2D eigenvalue weighted by Gasteiger charge is -2.23. The normalized spacial score (nSPS) is 15.8. The molecule has 2 aromatic carbocycles. The molecule has 0 aliphatic carbocycles. The number of carbonyl (C=O) groups is 1. The largest absolute Gasteiger partial charge is 0.381 e. The number of carbonyl (C=O) groups excluding carboxylic acids is 1. The van der Waals surface area contributed by atoms with E-state index in [-0.39, 0.29) is 10.8 Å². The fourth-order valence-corrected chi connectivity index (χ4v) is 5.39. The minimum absolute atomic E-state index is 0.0851. The lowest BCUT2D eigenvalue weighted by Crippen LogP contribution is -2.40. The van der Waals surface area contributed by atoms with Gasteiger partial charge in [-0.15, -0.1) is 0 Å². The molecule has 2 N–H and O–H groups in total. The first-order chi connectivity index (χ1) is 15.4. The molecule has 0 spiro atoms. The van der Waals surface area contributed by atoms with Gasteiger partial charge in [-0.3, -0.25) is 4.79 Å². The summed E-state index contributed by atoms with van der Waals surface area (Å²) in [7, 11) is -1.75. The van der Waals surface area contributed by atoms with E-state index in [4.69, 9.17) is 0 Å². The van der Waals surface area contributed by atoms with Crippen LogP contribution in [0.3, 0.4) is 0 Å². The molecule has 0 atom stereocenters. The number of nitrogens with one attached hydrogen (secondary N) is 2. The Kier molecular flexibility index (Phi) is 7.82. The molecular weight excluding hydrogens is 436 g/mol. The van der Waals surface area contributed by atoms with Gasteiger partial charge in [-0.1, -0.05) is 29.8 Å². The lowest BCUT2D eigenvalue weighted by atomic mass is 10.1. The van der Waals surface area contributed by atoms with Crippen molar-refractivity contribution in [2.75, 3.05) is 38.5 Å². The highest BCUT2D eigenvalue weighted by molar-refractivity contribution is 7.89. The molecule has 180 valence electrons. The fraction of sp³-hybridized carbons (Fsp3) is 0.480. The van der Waals surface area contributed by atoms with Crippen molar-refractivity contribution in [3.05, 3.63) is 59.2 Å². The zero-order valence-electron chi connectivity index (χ0n) is 20.3. The topological polar surface area (TPSA) is 81.8 Å². The van der Waals surface area contributed by atoms with E-state index in [1.54, 1.807) is 32.9 Å². The van der Waals surface area contributed by atoms with Crippen LogP contribution in [-0.2, 0) is 16.6 Å². The lowest BCUT2D eigenvalue weighted by molar-refractivity contribution is 0.0762. The van der Waals surface area contributed by atoms with Crippen LogP contribution in [0.15, 0.2) is 47.4 Å². The molecule has 3 rings (SSSR count). The zero-order valence-corrected chi connectivity index (χ0v) is 21.1. The minimum Gasteiger partial charge on any atom is -0.381 e. The summed E-state index contributed by atoms with van der Waals surface area (Å²) in [5, 5.41) is 3.31. The summed E-state index contributed by atoms with van der Waals surface area (Å²) in [4.78, 5) is 17.5. The Morgan fingerprint density at radius 1 is 1.03 bits per heavy atom. The van der Waals surface area contributed by atoms with Crippen LogP contribution in [0.25, 0.3) is 0 Å². The number of sulfonamides is 1. The first kappa shape index (κ1) is 25.2. The molecule has 33 heavy (non-hydrogen) atoms. The minimum atomic E-state index is -3.80. The number of nitrogens with zero attached hydrogens (tertiary/aromatic N) is 2. The number of aryl methyl sites for hydroxylation is 1. The first-order valence-corrected chi connectivity index (χ1v) is 12.9. The van der Waals surface area contributed by atoms with Gasteiger partial charge < -0.3 is 15.1 Å². The Labute approximate surface area is 198 Å². The number of amides is 1. The molecule has 0 aromatic heterocycles. The molecule has 2 aromatic rings. The molecule has 1 aliphatic heterocycles. The Morgan fingerprint density at radius 3 is 2.48 bits per heavy atom. The molecule has 0 unspecified atom stereocenters. The molecule has 7 nitrogen and oxygen atoms in total. The average molecular weight is 473 g/mol. The van der Waals surface area contributed by atoms with Gasteiger partial charge in [0.25, 0.3) is 5.91 Å². The summed E-state index contributed by atoms with van der Waals surface area (Å²) < 4.78 is 28.9. The standard InChI is InChI=1S/C25H36N4O3S/c1-19-8-6-9-20(14-19)18-26-22-15-21(24(30)29-11-7-10-28(5)12-13-29)16-23(17-22)33(31,32)27-25(2,3)4/h6,8-9,14-17,26-27H,7,10-13,18H2,1-5H3. The Morgan fingerprint density at radius 2 is 1.79 bits per heavy atom. The predicted octanol–water partition coefficient (Wildman–Crippen LogP) is 3.46. The van der Waals surface area contributed by atoms with E-state index < -0.39 is 15.6 Å². The molecule has 0 radical (unpaired) electrons. The summed E-state index contributed by atoms with van der Waals surface area (Å²) in [6.45, 7) is 11.0. The average Bonchev–Trinajstić information content (AvgIpc) is 2.94. The number of rotatable bonds is 6. The van der Waals surface area contributed by atoms with Gasteiger partial charge in [0.2, 0.25) is 10.0 Å². The highest BCUT2D eigenvalue weighted by atomic mass is 32.2. The molecule has 1 aliphatic rings. The molecule has 1 amide bonds. The van der Waals surface area contributed by atoms with E-state index in [0.717, 1.165) is 30.6 Å². The van der Waals surface area contributed by atoms with Crippen molar-refractivity contribution in [1.82, 2.24) is 14.5 Å². The van der Waals surface area contributed by atoms with Crippen LogP contribution in [0, 0.1) is 6.92 Å². The molecular formula is C25H36N4O3S. The molecule has 0 saturated carbocycles. The second-order valence-electron chi connectivity index (χ2n) is 9.89. The SMILES string of the molecule is Cc1cccc(CNc2cc(C(=O)N3CCCN(C)CC3)cc(S(=O)(=O)NC(C)(C)C)c2)c1. The van der Waals surface area contributed by atoms with Crippen molar-refractivity contribution < 1.29 is 13.2 Å². The van der Waals surface area contributed by atoms with E-state index in [9.17, 15) is 13.2 Å². The molecule has 1 fully saturated rings. The van der Waals surface area contributed by atoms with Crippen molar-refractivity contribution in [2.24, 2.45) is 0 Å². The van der Waals surface area contributed by atoms with Crippen LogP contribution in [0.5, 0.6) is 0 Å². The Hall–Kier alpha value is -2.42. The second kappa shape index (κ2) is 10.2. The second-order valence-corrected chi connectivity index (χ2v) is 11.6. The number of anilines is 1. The Balaban J connectivity index is 1.93. The van der Waals surface area contributed by atoms with E-state index >= 15 is 0 Å². The van der Waals surface area contributed by atoms with Gasteiger partial charge in [0.05, 0.1) is 4.90 Å². The number of hydrogen-bond acceptors (Lipinski definition) is 5. The van der Waals surface area contributed by atoms with Crippen LogP contribution in [0.4, 0.5) is 5.69 Å². The van der Waals surface area contributed by atoms with Crippen molar-refractivity contribution in [3.63, 3.8) is 0 Å². The number of likely N-dealkylation sites (N-methyl/N-ethyl adjacent to an activating group) is 1. The number of hydrogen-bond donors (Lipinski definition) is 2. The van der Waals surface area contributed by atoms with E-state index in [1.165, 1.54) is 6.07 Å². The van der Waals surface area contributed by atoms with E-state index in [1.807, 2.05) is 37.1 Å². The zero-order chi connectivity index (χ0) is 24.2. The van der Waals surface area contributed by atoms with Gasteiger partial charge in [-0.2, -0.15) is 0 Å². The van der Waals surface area contributed by atoms with Gasteiger partial charge >= 0.3 is 0 Å². The molecule has 0 bridgehead atoms. The van der Waals surface area contributed by atoms with Crippen molar-refractivity contribution >= 4 is 21.6 Å². The first-order valence-electron chi connectivity index (χ1n) is 11.4. The van der Waals surface area contributed by atoms with Crippen LogP contribution in [0.2, 0.25) is 0 Å². The quantitative estimate of drug-likeness (QED) is 0.673. The highest BCUT2D eigenvalue weighted by Crippen LogP contribution is 2.23. The van der Waals surface area contributed by atoms with Crippen LogP contribution >= 0.6 is 0 Å². The van der Waals surface area contributed by atoms with Crippen LogP contribution < -0.4 is 10.0 Å². The molecule has 8 heteroatoms. The third kappa shape index (κ3) is 7.28. The third-order valence-corrected chi connectivity index (χ3v) is 7.23. The molecule has 1 saturated heterocycles. The van der Waals surface area contributed by atoms with Crippen molar-refractivity contribution in [1.29, 1.82) is 0 Å². The van der Waals surface area contributed by atoms with E-state index in [2.05, 4.69) is 21.0 Å². The smallest absolute Gasteiger partial charge is 0.254 e. The number of benzene rings is 2. The predicted molar refractivity (Wildman–Crippen MR) is 133 cm³/mol. The van der Waals surface area contributed by atoms with Gasteiger partial charge in [-0.25, -0.2) is 13.1 Å². The van der Waals surface area contributed by atoms with Crippen molar-refractivity contribution in [3.8, 4) is 0 Å². The van der Waals surface area contributed by atoms with Crippen LogP contribution in [0.1, 0.15) is 48.7 Å². The highest BCUT2D eigenvalue weighted by Gasteiger charge is 2.25. The third-order valence-electron chi connectivity index (χ3n) is 5.49. The monoisotopic (exact) mass is 472 g/mol. The van der Waals surface area contributed by atoms with Crippen molar-refractivity contribution in [2.45, 2.75) is 51.1 Å².